The Labute approximate surface area is 46.8 Å². The van der Waals surface area contributed by atoms with Crippen molar-refractivity contribution >= 4 is 0 Å². The lowest BCUT2D eigenvalue weighted by molar-refractivity contribution is 0.168. The van der Waals surface area contributed by atoms with E-state index in [0.29, 0.717) is 0 Å². The third-order valence-corrected chi connectivity index (χ3v) is 0.663. The summed E-state index contributed by atoms with van der Waals surface area (Å²) in [5, 5.41) is 8.80. The summed E-state index contributed by atoms with van der Waals surface area (Å²) < 4.78 is 7.23. The molecule has 7 heavy (non-hydrogen) atoms. The van der Waals surface area contributed by atoms with Gasteiger partial charge >= 0.3 is 0 Å². The largest absolute Gasteiger partial charge is 0.393 e. The van der Waals surface area contributed by atoms with Gasteiger partial charge in [0.25, 0.3) is 0 Å². The van der Waals surface area contributed by atoms with Crippen LogP contribution in [0.3, 0.4) is 0 Å². The smallest absolute Gasteiger partial charge is 0.0514 e. The first-order valence-electron chi connectivity index (χ1n) is 3.23. The Balaban J connectivity index is 3.46. The van der Waals surface area contributed by atoms with E-state index in [1.807, 2.05) is 13.8 Å². The lowest BCUT2D eigenvalue weighted by atomic mass is 10.1. The van der Waals surface area contributed by atoms with Gasteiger partial charge in [0.15, 0.2) is 0 Å². The molecule has 0 rings (SSSR count). The molecule has 0 saturated heterocycles. The van der Waals surface area contributed by atoms with E-state index in [-0.39, 0.29) is 12.3 Å². The summed E-state index contributed by atoms with van der Waals surface area (Å²) in [6, 6.07) is 0. The second-order valence-electron chi connectivity index (χ2n) is 2.18. The molecule has 1 heteroatoms. The molecular formula is C6H14O. The van der Waals surface area contributed by atoms with E-state index in [1.165, 1.54) is 0 Å². The van der Waals surface area contributed by atoms with Gasteiger partial charge < -0.3 is 5.11 Å². The summed E-state index contributed by atoms with van der Waals surface area (Å²) in [4.78, 5) is 0. The van der Waals surface area contributed by atoms with Gasteiger partial charge in [0.05, 0.1) is 6.10 Å². The van der Waals surface area contributed by atoms with E-state index >= 15 is 0 Å². The average Bonchev–Trinajstić information content (AvgIpc) is 1.64. The van der Waals surface area contributed by atoms with Crippen LogP contribution >= 0.6 is 0 Å². The van der Waals surface area contributed by atoms with E-state index in [9.17, 15) is 0 Å². The normalized spacial score (nSPS) is 21.6. The van der Waals surface area contributed by atoms with Crippen LogP contribution < -0.4 is 0 Å². The van der Waals surface area contributed by atoms with E-state index in [4.69, 9.17) is 6.48 Å². The second kappa shape index (κ2) is 3.03. The van der Waals surface area contributed by atoms with Crippen LogP contribution in [0.5, 0.6) is 0 Å². The van der Waals surface area contributed by atoms with Crippen molar-refractivity contribution in [3.8, 4) is 0 Å². The quantitative estimate of drug-likeness (QED) is 0.560. The highest BCUT2D eigenvalue weighted by molar-refractivity contribution is 4.49. The standard InChI is InChI=1S/C6H14O/c1-5(2)4-6(3)7/h5-7H,4H2,1-3H3/t6-/m0/s1/i4D/t4-,6+/m1. The number of hydrogen-bond donors (Lipinski definition) is 1. The summed E-state index contributed by atoms with van der Waals surface area (Å²) in [5.74, 6) is 0.259. The van der Waals surface area contributed by atoms with Crippen LogP contribution in [0.25, 0.3) is 0 Å². The molecule has 0 heterocycles. The first kappa shape index (κ1) is 5.10. The fourth-order valence-electron chi connectivity index (χ4n) is 0.557. The molecule has 2 atom stereocenters. The molecule has 0 bridgehead atoms. The maximum Gasteiger partial charge on any atom is 0.0514 e. The number of rotatable bonds is 2. The van der Waals surface area contributed by atoms with Gasteiger partial charge in [-0.05, 0) is 19.2 Å². The Bertz CT molecular complexity index is 53.5. The first-order valence-corrected chi connectivity index (χ1v) is 2.66. The van der Waals surface area contributed by atoms with Crippen molar-refractivity contribution in [3.63, 3.8) is 0 Å². The van der Waals surface area contributed by atoms with Crippen molar-refractivity contribution in [1.82, 2.24) is 0 Å². The Hall–Kier alpha value is -0.0400. The molecule has 0 fully saturated rings. The predicted molar refractivity (Wildman–Crippen MR) is 31.1 cm³/mol. The molecule has 0 aliphatic heterocycles. The van der Waals surface area contributed by atoms with E-state index in [0.717, 1.165) is 0 Å². The Morgan fingerprint density at radius 1 is 1.57 bits per heavy atom. The minimum absolute atomic E-state index is 0.259. The lowest BCUT2D eigenvalue weighted by Gasteiger charge is -2.04. The lowest BCUT2D eigenvalue weighted by Crippen LogP contribution is -2.03. The van der Waals surface area contributed by atoms with Gasteiger partial charge in [-0.3, -0.25) is 0 Å². The number of aliphatic hydroxyl groups is 1. The van der Waals surface area contributed by atoms with Crippen molar-refractivity contribution in [2.24, 2.45) is 5.92 Å². The van der Waals surface area contributed by atoms with Crippen molar-refractivity contribution in [2.75, 3.05) is 0 Å². The van der Waals surface area contributed by atoms with Gasteiger partial charge in [-0.25, -0.2) is 0 Å². The summed E-state index contributed by atoms with van der Waals surface area (Å²) in [6.07, 6.45) is -0.815. The van der Waals surface area contributed by atoms with Crippen LogP contribution in [0.1, 0.15) is 28.5 Å². The topological polar surface area (TPSA) is 20.2 Å². The zero-order valence-corrected chi connectivity index (χ0v) is 5.18. The Morgan fingerprint density at radius 2 is 2.00 bits per heavy atom. The van der Waals surface area contributed by atoms with Gasteiger partial charge in [-0.1, -0.05) is 13.8 Å². The maximum atomic E-state index is 8.80. The highest BCUT2D eigenvalue weighted by Crippen LogP contribution is 2.01. The van der Waals surface area contributed by atoms with E-state index in [2.05, 4.69) is 0 Å². The molecule has 0 aromatic carbocycles. The summed E-state index contributed by atoms with van der Waals surface area (Å²) >= 11 is 0. The van der Waals surface area contributed by atoms with Crippen LogP contribution in [0, 0.1) is 5.92 Å². The minimum atomic E-state index is -0.491. The summed E-state index contributed by atoms with van der Waals surface area (Å²) in [6.45, 7) is 5.52. The van der Waals surface area contributed by atoms with Crippen molar-refractivity contribution in [2.45, 2.75) is 33.3 Å². The molecule has 0 saturated carbocycles. The van der Waals surface area contributed by atoms with Crippen molar-refractivity contribution in [3.05, 3.63) is 0 Å². The average molecular weight is 103 g/mol. The van der Waals surface area contributed by atoms with Crippen LogP contribution in [-0.4, -0.2) is 11.2 Å². The van der Waals surface area contributed by atoms with Crippen LogP contribution in [0.15, 0.2) is 0 Å². The van der Waals surface area contributed by atoms with E-state index in [1.54, 1.807) is 6.92 Å². The molecule has 0 amide bonds. The zero-order chi connectivity index (χ0) is 6.73. The van der Waals surface area contributed by atoms with Crippen molar-refractivity contribution < 1.29 is 6.48 Å². The van der Waals surface area contributed by atoms with Gasteiger partial charge in [0.1, 0.15) is 0 Å². The molecule has 1 nitrogen and oxygen atoms in total. The fourth-order valence-corrected chi connectivity index (χ4v) is 0.557. The zero-order valence-electron chi connectivity index (χ0n) is 6.18. The minimum Gasteiger partial charge on any atom is -0.393 e. The van der Waals surface area contributed by atoms with Gasteiger partial charge in [-0.2, -0.15) is 0 Å². The highest BCUT2D eigenvalue weighted by Gasteiger charge is 1.97. The maximum absolute atomic E-state index is 8.80. The Morgan fingerprint density at radius 3 is 2.00 bits per heavy atom. The molecule has 0 radical (unpaired) electrons. The fraction of sp³-hybridized carbons (Fsp3) is 1.00. The Kier molecular flexibility index (Phi) is 2.21. The summed E-state index contributed by atoms with van der Waals surface area (Å²) in [7, 11) is 0. The highest BCUT2D eigenvalue weighted by atomic mass is 16.3. The van der Waals surface area contributed by atoms with Crippen molar-refractivity contribution in [1.29, 1.82) is 0 Å². The van der Waals surface area contributed by atoms with Gasteiger partial charge in [0, 0.05) is 1.37 Å². The molecule has 0 unspecified atom stereocenters. The van der Waals surface area contributed by atoms with Crippen LogP contribution in [-0.2, 0) is 0 Å². The van der Waals surface area contributed by atoms with Gasteiger partial charge in [0.2, 0.25) is 0 Å². The number of hydrogen-bond acceptors (Lipinski definition) is 1. The molecule has 44 valence electrons. The monoisotopic (exact) mass is 103 g/mol. The first-order chi connectivity index (χ1) is 3.55. The predicted octanol–water partition coefficient (Wildman–Crippen LogP) is 1.41. The molecular weight excluding hydrogens is 88.1 g/mol. The SMILES string of the molecule is [2H][C@H](C(C)C)[C@H](C)O. The molecule has 0 aromatic heterocycles. The summed E-state index contributed by atoms with van der Waals surface area (Å²) in [5.41, 5.74) is 0. The molecule has 1 N–H and O–H groups in total. The third-order valence-electron chi connectivity index (χ3n) is 0.663. The third kappa shape index (κ3) is 5.96. The molecule has 0 aliphatic carbocycles. The number of aliphatic hydroxyl groups excluding tert-OH is 1. The molecule has 0 aliphatic rings. The molecule has 0 aromatic rings. The van der Waals surface area contributed by atoms with Crippen LogP contribution in [0.2, 0.25) is 0 Å². The van der Waals surface area contributed by atoms with Crippen LogP contribution in [0.4, 0.5) is 0 Å². The van der Waals surface area contributed by atoms with Gasteiger partial charge in [-0.15, -0.1) is 0 Å². The molecule has 0 spiro atoms. The van der Waals surface area contributed by atoms with E-state index < -0.39 is 6.10 Å². The second-order valence-corrected chi connectivity index (χ2v) is 2.18.